The van der Waals surface area contributed by atoms with Gasteiger partial charge in [-0.2, -0.15) is 3.84 Å². The first-order valence-corrected chi connectivity index (χ1v) is 2.15. The molecule has 0 aliphatic heterocycles. The van der Waals surface area contributed by atoms with Crippen LogP contribution in [-0.4, -0.2) is 12.3 Å². The molecule has 0 fully saturated rings. The van der Waals surface area contributed by atoms with E-state index in [1.165, 1.54) is 0 Å². The van der Waals surface area contributed by atoms with Crippen LogP contribution >= 0.6 is 23.7 Å². The number of rotatable bonds is 0. The first kappa shape index (κ1) is 29.2. The number of carbonyl (C=O) groups is 2. The van der Waals surface area contributed by atoms with Gasteiger partial charge in [-0.25, -0.2) is 0 Å². The molecule has 0 aromatic carbocycles. The van der Waals surface area contributed by atoms with Gasteiger partial charge in [0.1, 0.15) is 0 Å². The quantitative estimate of drug-likeness (QED) is 0.418. The maximum atomic E-state index is 8.33. The number of hydrogen-bond donors (Lipinski definition) is 0. The Hall–Kier alpha value is 0.119. The van der Waals surface area contributed by atoms with Crippen LogP contribution in [0, 0.1) is 0 Å². The smallest absolute Gasteiger partial charge is 0.652 e. The van der Waals surface area contributed by atoms with E-state index in [0.717, 1.165) is 0 Å². The fraction of sp³-hybridized carbons (Fsp3) is 0. The average Bonchev–Trinajstić information content (AvgIpc) is 1.60. The second kappa shape index (κ2) is 29.6. The van der Waals surface area contributed by atoms with Crippen molar-refractivity contribution >= 4 is 36.0 Å². The Balaban J connectivity index is -0.0000000231. The van der Waals surface area contributed by atoms with Gasteiger partial charge in [0, 0.05) is 0 Å². The third-order valence-electron chi connectivity index (χ3n) is 0. The van der Waals surface area contributed by atoms with Crippen LogP contribution in [-0.2, 0) is 38.0 Å². The van der Waals surface area contributed by atoms with Crippen molar-refractivity contribution in [2.45, 2.75) is 0 Å². The molecular formula is C2Cl2Cu2O7. The predicted molar refractivity (Wildman–Crippen MR) is 23.6 cm³/mol. The van der Waals surface area contributed by atoms with Crippen molar-refractivity contribution in [3.05, 3.63) is 0 Å². The van der Waals surface area contributed by atoms with E-state index < -0.39 is 12.3 Å². The Morgan fingerprint density at radius 2 is 0.846 bits per heavy atom. The second-order valence-electron chi connectivity index (χ2n) is 0.558. The maximum absolute atomic E-state index is 8.33. The maximum Gasteiger partial charge on any atom is 2.00 e. The van der Waals surface area contributed by atoms with Crippen LogP contribution in [0.4, 0.5) is 9.59 Å². The van der Waals surface area contributed by atoms with Crippen LogP contribution in [0.3, 0.4) is 0 Å². The van der Waals surface area contributed by atoms with Gasteiger partial charge < -0.3 is 30.0 Å². The summed E-state index contributed by atoms with van der Waals surface area (Å²) in [5, 5.41) is 33.3. The summed E-state index contributed by atoms with van der Waals surface area (Å²) in [5.74, 6) is 0. The zero-order chi connectivity index (χ0) is 9.86. The Labute approximate surface area is 104 Å². The number of halogens is 2. The second-order valence-corrected chi connectivity index (χ2v) is 1.02. The van der Waals surface area contributed by atoms with Crippen molar-refractivity contribution in [3.8, 4) is 0 Å². The fourth-order valence-electron chi connectivity index (χ4n) is 0. The number of carbonyl (C=O) groups excluding carboxylic acids is 2. The van der Waals surface area contributed by atoms with Crippen molar-refractivity contribution < 1.29 is 68.0 Å². The molecule has 0 spiro atoms. The summed E-state index contributed by atoms with van der Waals surface area (Å²) in [6, 6.07) is 0. The van der Waals surface area contributed by atoms with Gasteiger partial charge in [0.15, 0.2) is 0 Å². The molecule has 0 unspecified atom stereocenters. The molecule has 0 aliphatic rings. The normalized spacial score (nSPS) is 5.08. The molecule has 0 aromatic heterocycles. The molecule has 2 radical (unpaired) electrons. The van der Waals surface area contributed by atoms with Gasteiger partial charge in [-0.05, 0) is 12.3 Å². The topological polar surface area (TPSA) is 136 Å². The van der Waals surface area contributed by atoms with E-state index >= 15 is 0 Å². The minimum absolute atomic E-state index is 0. The molecule has 0 aromatic rings. The van der Waals surface area contributed by atoms with Crippen molar-refractivity contribution in [2.24, 2.45) is 0 Å². The van der Waals surface area contributed by atoms with Gasteiger partial charge in [0.25, 0.3) is 0 Å². The first-order valence-electron chi connectivity index (χ1n) is 1.53. The molecule has 11 heteroatoms. The van der Waals surface area contributed by atoms with E-state index in [1.807, 2.05) is 0 Å². The van der Waals surface area contributed by atoms with Gasteiger partial charge in [-0.15, -0.1) is 0 Å². The van der Waals surface area contributed by atoms with Gasteiger partial charge in [-0.1, -0.05) is 0 Å². The van der Waals surface area contributed by atoms with Crippen molar-refractivity contribution in [1.29, 1.82) is 0 Å². The summed E-state index contributed by atoms with van der Waals surface area (Å²) in [6.45, 7) is 0. The molecule has 0 atom stereocenters. The molecule has 7 nitrogen and oxygen atoms in total. The molecule has 0 N–H and O–H groups in total. The Morgan fingerprint density at radius 3 is 0.846 bits per heavy atom. The summed E-state index contributed by atoms with van der Waals surface area (Å²) in [7, 11) is 0. The zero-order valence-electron chi connectivity index (χ0n) is 5.22. The molecule has 0 saturated heterocycles. The van der Waals surface area contributed by atoms with E-state index in [1.54, 1.807) is 0 Å². The van der Waals surface area contributed by atoms with E-state index in [0.29, 0.717) is 0 Å². The fourth-order valence-corrected chi connectivity index (χ4v) is 0. The van der Waals surface area contributed by atoms with Gasteiger partial charge in [-0.3, -0.25) is 0 Å². The third-order valence-corrected chi connectivity index (χ3v) is 0. The Morgan fingerprint density at radius 1 is 0.846 bits per heavy atom. The zero-order valence-corrected chi connectivity index (χ0v) is 8.61. The van der Waals surface area contributed by atoms with Crippen LogP contribution in [0.5, 0.6) is 0 Å². The summed E-state index contributed by atoms with van der Waals surface area (Å²) >= 11 is 8.53. The third kappa shape index (κ3) is 87700. The molecule has 0 bridgehead atoms. The van der Waals surface area contributed by atoms with Crippen LogP contribution in [0.25, 0.3) is 0 Å². The Bertz CT molecular complexity index is 90.7. The average molecular weight is 334 g/mol. The summed E-state index contributed by atoms with van der Waals surface area (Å²) < 4.78 is 3.19. The van der Waals surface area contributed by atoms with Gasteiger partial charge in [0.2, 0.25) is 0 Å². The SMILES string of the molecule is ClOCl.O=C([O-])[O-].O=C([O-])[O-].[Cu+2].[Cu+2]. The standard InChI is InChI=1S/2CH2O3.Cl2O.2Cu/c2*2-1(3)4;1-3-2;;/h2*(H2,2,3,4);;;/q;;;2*+2/p-4. The molecule has 0 amide bonds. The van der Waals surface area contributed by atoms with Gasteiger partial charge in [0.05, 0.1) is 23.7 Å². The van der Waals surface area contributed by atoms with Crippen molar-refractivity contribution in [2.75, 3.05) is 0 Å². The van der Waals surface area contributed by atoms with Crippen LogP contribution in [0.2, 0.25) is 0 Å². The van der Waals surface area contributed by atoms with Crippen LogP contribution in [0.15, 0.2) is 0 Å². The van der Waals surface area contributed by atoms with Crippen LogP contribution < -0.4 is 20.4 Å². The van der Waals surface area contributed by atoms with E-state index in [-0.39, 0.29) is 34.1 Å². The molecule has 0 saturated carbocycles. The predicted octanol–water partition coefficient (Wildman–Crippen LogP) is -3.59. The summed E-state index contributed by atoms with van der Waals surface area (Å²) in [5.41, 5.74) is 0. The van der Waals surface area contributed by atoms with E-state index in [4.69, 9.17) is 30.0 Å². The summed E-state index contributed by atoms with van der Waals surface area (Å²) in [6.07, 6.45) is -4.67. The number of hydrogen-bond acceptors (Lipinski definition) is 7. The minimum atomic E-state index is -2.33. The largest absolute Gasteiger partial charge is 2.00 e. The van der Waals surface area contributed by atoms with E-state index in [2.05, 4.69) is 27.6 Å². The van der Waals surface area contributed by atoms with Gasteiger partial charge >= 0.3 is 34.1 Å². The number of carboxylic acid groups (broad SMARTS) is 4. The molecule has 0 rings (SSSR count). The summed E-state index contributed by atoms with van der Waals surface area (Å²) in [4.78, 5) is 16.7. The minimum Gasteiger partial charge on any atom is -0.652 e. The molecule has 86 valence electrons. The van der Waals surface area contributed by atoms with E-state index in [9.17, 15) is 0 Å². The first-order chi connectivity index (χ1) is 4.88. The molecular weight excluding hydrogens is 334 g/mol. The molecule has 13 heavy (non-hydrogen) atoms. The van der Waals surface area contributed by atoms with Crippen molar-refractivity contribution in [1.82, 2.24) is 0 Å². The molecule has 0 aliphatic carbocycles. The van der Waals surface area contributed by atoms with Crippen molar-refractivity contribution in [3.63, 3.8) is 0 Å². The molecule has 0 heterocycles. The van der Waals surface area contributed by atoms with Crippen LogP contribution in [0.1, 0.15) is 0 Å². The monoisotopic (exact) mass is 332 g/mol. The Kier molecular flexibility index (Phi) is 66.5.